The van der Waals surface area contributed by atoms with Gasteiger partial charge in [0.1, 0.15) is 0 Å². The largest absolute Gasteiger partial charge is 0.330 e. The van der Waals surface area contributed by atoms with Gasteiger partial charge in [0.2, 0.25) is 0 Å². The summed E-state index contributed by atoms with van der Waals surface area (Å²) in [4.78, 5) is 0. The number of rotatable bonds is 11. The first-order valence-corrected chi connectivity index (χ1v) is 15.7. The third-order valence-electron chi connectivity index (χ3n) is 12.2. The molecule has 0 heterocycles. The van der Waals surface area contributed by atoms with E-state index in [1.165, 1.54) is 90.0 Å². The van der Waals surface area contributed by atoms with Gasteiger partial charge in [-0.1, -0.05) is 60.3 Å². The van der Waals surface area contributed by atoms with Crippen LogP contribution in [0.4, 0.5) is 0 Å². The summed E-state index contributed by atoms with van der Waals surface area (Å²) < 4.78 is 0. The second-order valence-corrected chi connectivity index (χ2v) is 14.5. The average molecular weight is 473 g/mol. The van der Waals surface area contributed by atoms with Crippen molar-refractivity contribution in [1.82, 2.24) is 5.32 Å². The minimum Gasteiger partial charge on any atom is -0.330 e. The topological polar surface area (TPSA) is 38.0 Å². The summed E-state index contributed by atoms with van der Waals surface area (Å²) in [5.41, 5.74) is 6.94. The van der Waals surface area contributed by atoms with Crippen LogP contribution >= 0.6 is 0 Å². The van der Waals surface area contributed by atoms with E-state index in [0.29, 0.717) is 10.8 Å². The summed E-state index contributed by atoms with van der Waals surface area (Å²) in [6.45, 7) is 15.0. The predicted molar refractivity (Wildman–Crippen MR) is 148 cm³/mol. The summed E-state index contributed by atoms with van der Waals surface area (Å²) in [5, 5.41) is 3.95. The van der Waals surface area contributed by atoms with Gasteiger partial charge in [-0.15, -0.1) is 0 Å². The van der Waals surface area contributed by atoms with Crippen LogP contribution in [0.5, 0.6) is 0 Å². The lowest BCUT2D eigenvalue weighted by Gasteiger charge is -2.61. The molecule has 0 aromatic rings. The molecule has 0 aromatic carbocycles. The van der Waals surface area contributed by atoms with Crippen LogP contribution in [-0.4, -0.2) is 19.1 Å². The van der Waals surface area contributed by atoms with Gasteiger partial charge in [-0.2, -0.15) is 0 Å². The molecule has 0 bridgehead atoms. The Labute approximate surface area is 213 Å². The van der Waals surface area contributed by atoms with E-state index in [0.717, 1.165) is 54.0 Å². The molecule has 2 heteroatoms. The molecule has 4 aliphatic rings. The maximum atomic E-state index is 5.67. The zero-order valence-electron chi connectivity index (χ0n) is 23.7. The highest BCUT2D eigenvalue weighted by atomic mass is 14.9. The monoisotopic (exact) mass is 472 g/mol. The van der Waals surface area contributed by atoms with E-state index in [4.69, 9.17) is 5.73 Å². The molecule has 0 spiro atoms. The molecule has 0 saturated heterocycles. The lowest BCUT2D eigenvalue weighted by Crippen LogP contribution is -2.55. The molecule has 4 saturated carbocycles. The van der Waals surface area contributed by atoms with E-state index in [9.17, 15) is 0 Å². The predicted octanol–water partition coefficient (Wildman–Crippen LogP) is 8.19. The van der Waals surface area contributed by atoms with Crippen LogP contribution in [0, 0.1) is 52.3 Å². The summed E-state index contributed by atoms with van der Waals surface area (Å²) >= 11 is 0. The second-order valence-electron chi connectivity index (χ2n) is 14.5. The number of nitrogens with two attached hydrogens (primary N) is 1. The van der Waals surface area contributed by atoms with E-state index in [-0.39, 0.29) is 0 Å². The van der Waals surface area contributed by atoms with Crippen LogP contribution in [0.2, 0.25) is 0 Å². The van der Waals surface area contributed by atoms with Crippen molar-refractivity contribution in [3.05, 3.63) is 0 Å². The molecule has 0 amide bonds. The number of nitrogens with one attached hydrogen (secondary N) is 1. The van der Waals surface area contributed by atoms with Gasteiger partial charge in [-0.05, 0) is 136 Å². The molecule has 34 heavy (non-hydrogen) atoms. The number of unbranched alkanes of at least 4 members (excludes halogenated alkanes) is 2. The highest BCUT2D eigenvalue weighted by Gasteiger charge is 2.60. The highest BCUT2D eigenvalue weighted by molar-refractivity contribution is 5.10. The Bertz CT molecular complexity index is 631. The van der Waals surface area contributed by atoms with Crippen LogP contribution in [0.15, 0.2) is 0 Å². The van der Waals surface area contributed by atoms with Gasteiger partial charge in [0, 0.05) is 6.04 Å². The minimum atomic E-state index is 0.628. The van der Waals surface area contributed by atoms with Gasteiger partial charge in [0.05, 0.1) is 0 Å². The second kappa shape index (κ2) is 11.5. The molecule has 9 atom stereocenters. The van der Waals surface area contributed by atoms with Crippen LogP contribution in [0.25, 0.3) is 0 Å². The fourth-order valence-corrected chi connectivity index (χ4v) is 10.2. The maximum absolute atomic E-state index is 5.67. The molecule has 3 N–H and O–H groups in total. The molecule has 0 radical (unpaired) electrons. The van der Waals surface area contributed by atoms with Crippen molar-refractivity contribution >= 4 is 0 Å². The zero-order valence-corrected chi connectivity index (χ0v) is 23.7. The smallest absolute Gasteiger partial charge is 0.00701 e. The molecule has 198 valence electrons. The maximum Gasteiger partial charge on any atom is 0.00701 e. The Balaban J connectivity index is 1.34. The SMILES string of the molecule is CC(C)CCC[C@@H](C)[C@H]1CC[C@H]2[C@@H]3CC[C@H]4C[C@@H](NCCCCCN)CC[C@]4(C)[C@H]3CC[C@]12C. The molecule has 2 nitrogen and oxygen atoms in total. The normalized spacial score (nSPS) is 42.8. The first-order chi connectivity index (χ1) is 16.3. The summed E-state index contributed by atoms with van der Waals surface area (Å²) in [6, 6.07) is 0.781. The van der Waals surface area contributed by atoms with Gasteiger partial charge in [-0.25, -0.2) is 0 Å². The summed E-state index contributed by atoms with van der Waals surface area (Å²) in [7, 11) is 0. The van der Waals surface area contributed by atoms with Crippen molar-refractivity contribution < 1.29 is 0 Å². The Morgan fingerprint density at radius 2 is 1.56 bits per heavy atom. The van der Waals surface area contributed by atoms with Crippen LogP contribution in [0.1, 0.15) is 131 Å². The van der Waals surface area contributed by atoms with E-state index in [1.807, 2.05) is 0 Å². The van der Waals surface area contributed by atoms with Crippen molar-refractivity contribution in [1.29, 1.82) is 0 Å². The summed E-state index contributed by atoms with van der Waals surface area (Å²) in [5.74, 6) is 6.85. The first kappa shape index (κ1) is 27.0. The van der Waals surface area contributed by atoms with Crippen molar-refractivity contribution in [2.75, 3.05) is 13.1 Å². The van der Waals surface area contributed by atoms with Crippen LogP contribution < -0.4 is 11.1 Å². The van der Waals surface area contributed by atoms with E-state index < -0.39 is 0 Å². The lowest BCUT2D eigenvalue weighted by atomic mass is 9.44. The molecule has 4 aliphatic carbocycles. The van der Waals surface area contributed by atoms with E-state index in [1.54, 1.807) is 12.8 Å². The Morgan fingerprint density at radius 1 is 0.794 bits per heavy atom. The third-order valence-corrected chi connectivity index (χ3v) is 12.2. The molecule has 0 aliphatic heterocycles. The zero-order chi connectivity index (χ0) is 24.3. The Kier molecular flexibility index (Phi) is 9.15. The van der Waals surface area contributed by atoms with Gasteiger partial charge in [0.15, 0.2) is 0 Å². The first-order valence-electron chi connectivity index (χ1n) is 15.7. The van der Waals surface area contributed by atoms with E-state index >= 15 is 0 Å². The van der Waals surface area contributed by atoms with Gasteiger partial charge in [-0.3, -0.25) is 0 Å². The van der Waals surface area contributed by atoms with Crippen LogP contribution in [-0.2, 0) is 0 Å². The van der Waals surface area contributed by atoms with Gasteiger partial charge >= 0.3 is 0 Å². The molecular formula is C32H60N2. The van der Waals surface area contributed by atoms with Crippen LogP contribution in [0.3, 0.4) is 0 Å². The number of fused-ring (bicyclic) bond motifs is 5. The van der Waals surface area contributed by atoms with Gasteiger partial charge in [0.25, 0.3) is 0 Å². The quantitative estimate of drug-likeness (QED) is 0.297. The van der Waals surface area contributed by atoms with Crippen molar-refractivity contribution in [2.24, 2.45) is 58.0 Å². The highest BCUT2D eigenvalue weighted by Crippen LogP contribution is 2.68. The van der Waals surface area contributed by atoms with E-state index in [2.05, 4.69) is 39.9 Å². The molecule has 4 fully saturated rings. The fourth-order valence-electron chi connectivity index (χ4n) is 10.2. The molecular weight excluding hydrogens is 412 g/mol. The summed E-state index contributed by atoms with van der Waals surface area (Å²) in [6.07, 6.45) is 21.7. The molecule has 0 unspecified atom stereocenters. The fraction of sp³-hybridized carbons (Fsp3) is 1.00. The Hall–Kier alpha value is -0.0800. The van der Waals surface area contributed by atoms with Crippen molar-refractivity contribution in [2.45, 2.75) is 137 Å². The van der Waals surface area contributed by atoms with Gasteiger partial charge < -0.3 is 11.1 Å². The Morgan fingerprint density at radius 3 is 2.32 bits per heavy atom. The average Bonchev–Trinajstić information content (AvgIpc) is 3.16. The minimum absolute atomic E-state index is 0.628. The standard InChI is InChI=1S/C32H60N2/c1-23(2)10-9-11-24(3)28-14-15-29-27-13-12-25-22-26(34-21-8-6-7-20-33)16-18-31(25,4)30(27)17-19-32(28,29)5/h23-30,34H,6-22,33H2,1-5H3/t24-,25+,26+,27+,28-,29+,30+,31+,32-/m1/s1. The lowest BCUT2D eigenvalue weighted by molar-refractivity contribution is -0.118. The van der Waals surface area contributed by atoms with Crippen molar-refractivity contribution in [3.63, 3.8) is 0 Å². The molecule has 0 aromatic heterocycles. The van der Waals surface area contributed by atoms with Crippen molar-refractivity contribution in [3.8, 4) is 0 Å². The number of hydrogen-bond acceptors (Lipinski definition) is 2. The number of hydrogen-bond donors (Lipinski definition) is 2. The molecule has 4 rings (SSSR count). The third kappa shape index (κ3) is 5.44.